The number of aromatic nitrogens is 1. The smallest absolute Gasteiger partial charge is 0.0541 e. The molecule has 72 heavy (non-hydrogen) atoms. The molecule has 2 heteroatoms. The van der Waals surface area contributed by atoms with Crippen LogP contribution in [0.15, 0.2) is 146 Å². The van der Waals surface area contributed by atoms with Gasteiger partial charge in [0.15, 0.2) is 0 Å². The van der Waals surface area contributed by atoms with Crippen LogP contribution >= 0.6 is 0 Å². The zero-order valence-corrected chi connectivity index (χ0v) is 46.8. The van der Waals surface area contributed by atoms with Gasteiger partial charge in [-0.1, -0.05) is 210 Å². The molecular formula is C70H78N2. The number of hydrogen-bond donors (Lipinski definition) is 0. The van der Waals surface area contributed by atoms with Gasteiger partial charge in [-0.05, 0) is 159 Å². The molecule has 9 aromatic carbocycles. The highest BCUT2D eigenvalue weighted by molar-refractivity contribution is 6.27. The lowest BCUT2D eigenvalue weighted by Crippen LogP contribution is -2.19. The quantitative estimate of drug-likeness (QED) is 0.156. The van der Waals surface area contributed by atoms with Crippen LogP contribution in [0.2, 0.25) is 0 Å². The van der Waals surface area contributed by atoms with E-state index in [2.05, 4.69) is 280 Å². The minimum atomic E-state index is -0.0527. The molecule has 368 valence electrons. The third kappa shape index (κ3) is 8.67. The molecule has 0 spiro atoms. The van der Waals surface area contributed by atoms with Gasteiger partial charge in [-0.3, -0.25) is 0 Å². The standard InChI is InChI=1S/C70H78N2/c1-65(2,3)47-25-33-61-57(41-47)58-42-48(66(4,5)6)26-34-62(58)72(61)60-32-24-45-21-29-55-59(31-23-44-22-30-56(60)64(45)63(44)55)71(54-39-51(69(13,14)15)38-52(40-54)70(16,17)18)53-27-19-43(20-28-53)46-35-49(67(7,8)9)37-50(36-46)68(10,11)12/h19-42H,1-18H3. The maximum atomic E-state index is 2.54. The number of nitrogens with zero attached hydrogens (tertiary/aromatic N) is 2. The molecule has 0 unspecified atom stereocenters. The molecule has 0 aliphatic heterocycles. The van der Waals surface area contributed by atoms with Crippen LogP contribution < -0.4 is 4.90 Å². The Morgan fingerprint density at radius 3 is 1.15 bits per heavy atom. The molecule has 2 nitrogen and oxygen atoms in total. The van der Waals surface area contributed by atoms with E-state index in [9.17, 15) is 0 Å². The largest absolute Gasteiger partial charge is 0.310 e. The predicted molar refractivity (Wildman–Crippen MR) is 317 cm³/mol. The number of hydrogen-bond acceptors (Lipinski definition) is 1. The first kappa shape index (κ1) is 49.2. The molecule has 10 aromatic rings. The molecule has 0 atom stereocenters. The number of anilines is 3. The van der Waals surface area contributed by atoms with E-state index in [1.807, 2.05) is 0 Å². The van der Waals surface area contributed by atoms with Gasteiger partial charge in [0.1, 0.15) is 0 Å². The van der Waals surface area contributed by atoms with Crippen molar-refractivity contribution < 1.29 is 0 Å². The molecule has 0 amide bonds. The van der Waals surface area contributed by atoms with Gasteiger partial charge in [0.05, 0.1) is 22.4 Å². The van der Waals surface area contributed by atoms with Crippen LogP contribution in [0.5, 0.6) is 0 Å². The van der Waals surface area contributed by atoms with Gasteiger partial charge in [-0.15, -0.1) is 0 Å². The SMILES string of the molecule is CC(C)(C)c1cc(-c2ccc(N(c3cc(C(C)(C)C)cc(C(C)(C)C)c3)c3ccc4ccc5c(-n6c7ccc(C(C)(C)C)cc7c7cc(C(C)(C)C)ccc76)ccc6ccc3c4c65)cc2)cc(C(C)(C)C)c1. The first-order valence-corrected chi connectivity index (χ1v) is 26.5. The van der Waals surface area contributed by atoms with Crippen LogP contribution in [0.25, 0.3) is 70.9 Å². The first-order valence-electron chi connectivity index (χ1n) is 26.5. The van der Waals surface area contributed by atoms with Gasteiger partial charge in [0, 0.05) is 32.9 Å². The molecule has 0 bridgehead atoms. The van der Waals surface area contributed by atoms with Gasteiger partial charge < -0.3 is 9.47 Å². The molecule has 10 rings (SSSR count). The Bertz CT molecular complexity index is 3580. The maximum absolute atomic E-state index is 2.54. The summed E-state index contributed by atoms with van der Waals surface area (Å²) in [5.41, 5.74) is 17.8. The summed E-state index contributed by atoms with van der Waals surface area (Å²) in [7, 11) is 0. The third-order valence-electron chi connectivity index (χ3n) is 15.6. The Morgan fingerprint density at radius 1 is 0.292 bits per heavy atom. The van der Waals surface area contributed by atoms with Gasteiger partial charge in [-0.25, -0.2) is 0 Å². The van der Waals surface area contributed by atoms with E-state index in [1.165, 1.54) is 116 Å². The number of rotatable bonds is 5. The molecule has 1 aromatic heterocycles. The van der Waals surface area contributed by atoms with Gasteiger partial charge in [-0.2, -0.15) is 0 Å². The van der Waals surface area contributed by atoms with E-state index in [4.69, 9.17) is 0 Å². The van der Waals surface area contributed by atoms with E-state index >= 15 is 0 Å². The maximum Gasteiger partial charge on any atom is 0.0541 e. The van der Waals surface area contributed by atoms with E-state index < -0.39 is 0 Å². The van der Waals surface area contributed by atoms with E-state index in [0.717, 1.165) is 5.69 Å². The predicted octanol–water partition coefficient (Wildman–Crippen LogP) is 20.6. The highest BCUT2D eigenvalue weighted by atomic mass is 15.1. The van der Waals surface area contributed by atoms with Crippen molar-refractivity contribution in [2.45, 2.75) is 157 Å². The molecule has 0 saturated carbocycles. The monoisotopic (exact) mass is 947 g/mol. The summed E-state index contributed by atoms with van der Waals surface area (Å²) in [6.07, 6.45) is 0. The molecule has 1 heterocycles. The highest BCUT2D eigenvalue weighted by Gasteiger charge is 2.28. The Kier molecular flexibility index (Phi) is 11.3. The molecule has 0 N–H and O–H groups in total. The average molecular weight is 947 g/mol. The van der Waals surface area contributed by atoms with Crippen molar-refractivity contribution in [2.75, 3.05) is 4.90 Å². The Labute approximate surface area is 431 Å². The topological polar surface area (TPSA) is 8.17 Å². The summed E-state index contributed by atoms with van der Waals surface area (Å²) in [6, 6.07) is 57.2. The van der Waals surface area contributed by atoms with Crippen molar-refractivity contribution >= 4 is 71.2 Å². The molecule has 0 aliphatic rings. The summed E-state index contributed by atoms with van der Waals surface area (Å²) < 4.78 is 2.54. The fourth-order valence-corrected chi connectivity index (χ4v) is 10.9. The average Bonchev–Trinajstić information content (AvgIpc) is 3.62. The molecule has 0 saturated heterocycles. The minimum Gasteiger partial charge on any atom is -0.310 e. The second-order valence-corrected chi connectivity index (χ2v) is 27.3. The zero-order valence-electron chi connectivity index (χ0n) is 46.8. The molecule has 0 aliphatic carbocycles. The van der Waals surface area contributed by atoms with Crippen LogP contribution in [0.4, 0.5) is 17.1 Å². The van der Waals surface area contributed by atoms with E-state index in [-0.39, 0.29) is 32.5 Å². The fraction of sp³-hybridized carbons (Fsp3) is 0.343. The number of fused-ring (bicyclic) bond motifs is 3. The zero-order chi connectivity index (χ0) is 51.8. The molecule has 0 radical (unpaired) electrons. The Morgan fingerprint density at radius 2 is 0.694 bits per heavy atom. The summed E-state index contributed by atoms with van der Waals surface area (Å²) in [5.74, 6) is 0. The fourth-order valence-electron chi connectivity index (χ4n) is 10.9. The van der Waals surface area contributed by atoms with Crippen molar-refractivity contribution in [2.24, 2.45) is 0 Å². The van der Waals surface area contributed by atoms with Gasteiger partial charge in [0.2, 0.25) is 0 Å². The third-order valence-corrected chi connectivity index (χ3v) is 15.6. The highest BCUT2D eigenvalue weighted by Crippen LogP contribution is 2.48. The van der Waals surface area contributed by atoms with Crippen molar-refractivity contribution in [3.63, 3.8) is 0 Å². The molecule has 0 fully saturated rings. The van der Waals surface area contributed by atoms with E-state index in [1.54, 1.807) is 0 Å². The minimum absolute atomic E-state index is 0.0289. The van der Waals surface area contributed by atoms with Crippen molar-refractivity contribution in [1.82, 2.24) is 4.57 Å². The van der Waals surface area contributed by atoms with Crippen molar-refractivity contribution in [3.05, 3.63) is 179 Å². The van der Waals surface area contributed by atoms with Crippen molar-refractivity contribution in [1.29, 1.82) is 0 Å². The summed E-state index contributed by atoms with van der Waals surface area (Å²) in [6.45, 7) is 41.9. The normalized spacial score (nSPS) is 13.4. The second kappa shape index (κ2) is 16.6. The van der Waals surface area contributed by atoms with Crippen LogP contribution in [-0.2, 0) is 32.5 Å². The lowest BCUT2D eigenvalue weighted by atomic mass is 9.79. The van der Waals surface area contributed by atoms with Crippen LogP contribution in [0.1, 0.15) is 158 Å². The number of benzene rings is 9. The summed E-state index contributed by atoms with van der Waals surface area (Å²) in [4.78, 5) is 2.54. The first-order chi connectivity index (χ1) is 33.5. The second-order valence-electron chi connectivity index (χ2n) is 27.3. The van der Waals surface area contributed by atoms with Gasteiger partial charge >= 0.3 is 0 Å². The van der Waals surface area contributed by atoms with Crippen LogP contribution in [0, 0.1) is 0 Å². The summed E-state index contributed by atoms with van der Waals surface area (Å²) >= 11 is 0. The lowest BCUT2D eigenvalue weighted by molar-refractivity contribution is 0.568. The van der Waals surface area contributed by atoms with Crippen LogP contribution in [-0.4, -0.2) is 4.57 Å². The van der Waals surface area contributed by atoms with Gasteiger partial charge in [0.25, 0.3) is 0 Å². The summed E-state index contributed by atoms with van der Waals surface area (Å²) in [5, 5.41) is 10.2. The van der Waals surface area contributed by atoms with Crippen molar-refractivity contribution in [3.8, 4) is 16.8 Å². The Balaban J connectivity index is 1.23. The molecular weight excluding hydrogens is 869 g/mol. The Hall–Kier alpha value is -6.38. The van der Waals surface area contributed by atoms with Crippen LogP contribution in [0.3, 0.4) is 0 Å². The lowest BCUT2D eigenvalue weighted by Gasteiger charge is -2.32. The van der Waals surface area contributed by atoms with E-state index in [0.29, 0.717) is 0 Å².